The molecule has 0 radical (unpaired) electrons. The Kier molecular flexibility index (Phi) is 2.95. The zero-order chi connectivity index (χ0) is 8.27. The van der Waals surface area contributed by atoms with Crippen LogP contribution in [0.2, 0.25) is 0 Å². The molecular formula is C5H7N3OS2. The van der Waals surface area contributed by atoms with Gasteiger partial charge in [-0.05, 0) is 12.5 Å². The normalized spacial score (nSPS) is 10.0. The molecule has 0 amide bonds. The van der Waals surface area contributed by atoms with Gasteiger partial charge < -0.3 is 0 Å². The minimum atomic E-state index is -0.396. The Bertz CT molecular complexity index is 298. The number of hydrogen-bond acceptors (Lipinski definition) is 5. The van der Waals surface area contributed by atoms with Gasteiger partial charge in [-0.1, -0.05) is 0 Å². The lowest BCUT2D eigenvalue weighted by molar-refractivity contribution is 0.765. The fourth-order valence-electron chi connectivity index (χ4n) is 0.577. The van der Waals surface area contributed by atoms with Crippen LogP contribution in [0.15, 0.2) is 14.8 Å². The lowest BCUT2D eigenvalue weighted by Crippen LogP contribution is -2.13. The van der Waals surface area contributed by atoms with E-state index in [1.54, 1.807) is 0 Å². The molecule has 0 saturated heterocycles. The van der Waals surface area contributed by atoms with Crippen LogP contribution in [-0.2, 0) is 0 Å². The van der Waals surface area contributed by atoms with Gasteiger partial charge in [0, 0.05) is 0 Å². The molecule has 0 aliphatic carbocycles. The summed E-state index contributed by atoms with van der Waals surface area (Å²) in [6, 6.07) is 0. The Morgan fingerprint density at radius 1 is 1.27 bits per heavy atom. The van der Waals surface area contributed by atoms with E-state index in [9.17, 15) is 4.79 Å². The van der Waals surface area contributed by atoms with Crippen LogP contribution >= 0.6 is 23.5 Å². The van der Waals surface area contributed by atoms with Crippen molar-refractivity contribution >= 4 is 23.5 Å². The Morgan fingerprint density at radius 2 is 1.91 bits per heavy atom. The molecule has 1 rings (SSSR count). The maximum atomic E-state index is 10.7. The van der Waals surface area contributed by atoms with Crippen LogP contribution in [0.3, 0.4) is 0 Å². The highest BCUT2D eigenvalue weighted by Gasteiger charge is 2.02. The van der Waals surface area contributed by atoms with Crippen LogP contribution in [-0.4, -0.2) is 27.7 Å². The molecule has 0 aliphatic heterocycles. The zero-order valence-electron chi connectivity index (χ0n) is 6.12. The van der Waals surface area contributed by atoms with Crippen LogP contribution in [0.4, 0.5) is 0 Å². The van der Waals surface area contributed by atoms with E-state index in [-0.39, 0.29) is 0 Å². The van der Waals surface area contributed by atoms with Gasteiger partial charge in [0.1, 0.15) is 10.1 Å². The van der Waals surface area contributed by atoms with Gasteiger partial charge >= 0.3 is 5.69 Å². The van der Waals surface area contributed by atoms with Crippen LogP contribution in [0.5, 0.6) is 0 Å². The first-order valence-electron chi connectivity index (χ1n) is 2.82. The number of aromatic nitrogens is 3. The second-order valence-electron chi connectivity index (χ2n) is 1.66. The summed E-state index contributed by atoms with van der Waals surface area (Å²) < 4.78 is 0. The van der Waals surface area contributed by atoms with Gasteiger partial charge in [0.25, 0.3) is 0 Å². The molecule has 1 N–H and O–H groups in total. The van der Waals surface area contributed by atoms with E-state index >= 15 is 0 Å². The molecule has 11 heavy (non-hydrogen) atoms. The Balaban J connectivity index is 3.16. The molecule has 0 spiro atoms. The average molecular weight is 189 g/mol. The van der Waals surface area contributed by atoms with E-state index < -0.39 is 5.69 Å². The fraction of sp³-hybridized carbons (Fsp3) is 0.400. The number of nitrogens with one attached hydrogen (secondary N) is 1. The molecule has 0 atom stereocenters. The zero-order valence-corrected chi connectivity index (χ0v) is 7.75. The van der Waals surface area contributed by atoms with Gasteiger partial charge in [-0.15, -0.1) is 23.5 Å². The second kappa shape index (κ2) is 3.77. The van der Waals surface area contributed by atoms with Crippen molar-refractivity contribution in [3.8, 4) is 0 Å². The Labute approximate surface area is 72.2 Å². The quantitative estimate of drug-likeness (QED) is 0.691. The number of hydrogen-bond donors (Lipinski definition) is 1. The van der Waals surface area contributed by atoms with E-state index in [0.29, 0.717) is 5.03 Å². The Hall–Kier alpha value is -0.490. The summed E-state index contributed by atoms with van der Waals surface area (Å²) in [6.45, 7) is 0. The third kappa shape index (κ3) is 1.97. The highest BCUT2D eigenvalue weighted by Crippen LogP contribution is 2.20. The first-order chi connectivity index (χ1) is 5.27. The van der Waals surface area contributed by atoms with Gasteiger partial charge in [0.05, 0.1) is 0 Å². The van der Waals surface area contributed by atoms with Crippen LogP contribution in [0, 0.1) is 0 Å². The van der Waals surface area contributed by atoms with Gasteiger partial charge in [0.15, 0.2) is 0 Å². The van der Waals surface area contributed by atoms with E-state index in [1.807, 2.05) is 12.5 Å². The van der Waals surface area contributed by atoms with Crippen molar-refractivity contribution in [2.45, 2.75) is 10.1 Å². The van der Waals surface area contributed by atoms with E-state index in [1.165, 1.54) is 23.5 Å². The number of rotatable bonds is 2. The predicted octanol–water partition coefficient (Wildman–Crippen LogP) is 0.609. The molecule has 0 aromatic carbocycles. The first-order valence-corrected chi connectivity index (χ1v) is 5.27. The third-order valence-electron chi connectivity index (χ3n) is 1.03. The average Bonchev–Trinajstić information content (AvgIpc) is 2.04. The molecule has 0 aliphatic rings. The van der Waals surface area contributed by atoms with Crippen molar-refractivity contribution in [2.75, 3.05) is 12.5 Å². The van der Waals surface area contributed by atoms with Crippen LogP contribution < -0.4 is 5.69 Å². The highest BCUT2D eigenvalue weighted by atomic mass is 32.2. The smallest absolute Gasteiger partial charge is 0.244 e. The number of thioether (sulfide) groups is 2. The molecule has 0 fully saturated rings. The number of aromatic amines is 1. The lowest BCUT2D eigenvalue weighted by atomic mass is 10.9. The molecule has 4 nitrogen and oxygen atoms in total. The maximum absolute atomic E-state index is 10.7. The molecule has 0 saturated carbocycles. The summed E-state index contributed by atoms with van der Waals surface area (Å²) in [6.07, 6.45) is 3.76. The number of H-pyrrole nitrogens is 1. The van der Waals surface area contributed by atoms with Gasteiger partial charge in [-0.3, -0.25) is 0 Å². The van der Waals surface area contributed by atoms with Crippen molar-refractivity contribution in [1.82, 2.24) is 15.2 Å². The highest BCUT2D eigenvalue weighted by molar-refractivity contribution is 8.01. The predicted molar refractivity (Wildman–Crippen MR) is 46.2 cm³/mol. The van der Waals surface area contributed by atoms with E-state index in [2.05, 4.69) is 15.2 Å². The van der Waals surface area contributed by atoms with Crippen LogP contribution in [0.25, 0.3) is 0 Å². The molecule has 0 bridgehead atoms. The SMILES string of the molecule is CSc1n[nH]c(=O)nc1SC. The minimum absolute atomic E-state index is 0.396. The Morgan fingerprint density at radius 3 is 2.45 bits per heavy atom. The molecule has 0 unspecified atom stereocenters. The standard InChI is InChI=1S/C5H7N3OS2/c1-10-3-4(11-2)7-8-5(9)6-3/h1-2H3,(H,6,8,9). The summed E-state index contributed by atoms with van der Waals surface area (Å²) in [5.41, 5.74) is -0.396. The third-order valence-corrected chi connectivity index (χ3v) is 2.50. The van der Waals surface area contributed by atoms with E-state index in [0.717, 1.165) is 5.03 Å². The molecule has 1 heterocycles. The van der Waals surface area contributed by atoms with Crippen molar-refractivity contribution in [2.24, 2.45) is 0 Å². The summed E-state index contributed by atoms with van der Waals surface area (Å²) >= 11 is 2.88. The fourth-order valence-corrected chi connectivity index (χ4v) is 1.83. The molecular weight excluding hydrogens is 182 g/mol. The van der Waals surface area contributed by atoms with Crippen LogP contribution in [0.1, 0.15) is 0 Å². The second-order valence-corrected chi connectivity index (χ2v) is 3.25. The molecule has 6 heteroatoms. The van der Waals surface area contributed by atoms with Crippen molar-refractivity contribution in [3.63, 3.8) is 0 Å². The van der Waals surface area contributed by atoms with Gasteiger partial charge in [0.2, 0.25) is 0 Å². The summed E-state index contributed by atoms with van der Waals surface area (Å²) in [7, 11) is 0. The minimum Gasteiger partial charge on any atom is -0.244 e. The molecule has 60 valence electrons. The topological polar surface area (TPSA) is 58.6 Å². The van der Waals surface area contributed by atoms with Crippen molar-refractivity contribution in [3.05, 3.63) is 10.5 Å². The summed E-state index contributed by atoms with van der Waals surface area (Å²) in [5.74, 6) is 0. The first kappa shape index (κ1) is 8.61. The molecule has 1 aromatic rings. The maximum Gasteiger partial charge on any atom is 0.362 e. The lowest BCUT2D eigenvalue weighted by Gasteiger charge is -1.97. The molecule has 1 aromatic heterocycles. The largest absolute Gasteiger partial charge is 0.362 e. The summed E-state index contributed by atoms with van der Waals surface area (Å²) in [4.78, 5) is 14.4. The van der Waals surface area contributed by atoms with Gasteiger partial charge in [-0.2, -0.15) is 10.1 Å². The van der Waals surface area contributed by atoms with Crippen molar-refractivity contribution < 1.29 is 0 Å². The number of nitrogens with zero attached hydrogens (tertiary/aromatic N) is 2. The summed E-state index contributed by atoms with van der Waals surface area (Å²) in [5, 5.41) is 7.53. The monoisotopic (exact) mass is 189 g/mol. The van der Waals surface area contributed by atoms with Crippen molar-refractivity contribution in [1.29, 1.82) is 0 Å². The van der Waals surface area contributed by atoms with E-state index in [4.69, 9.17) is 0 Å². The van der Waals surface area contributed by atoms with Gasteiger partial charge in [-0.25, -0.2) is 9.89 Å².